The average Bonchev–Trinajstić information content (AvgIpc) is 2.93. The summed E-state index contributed by atoms with van der Waals surface area (Å²) in [4.78, 5) is 10.3. The number of hydrogen-bond donors (Lipinski definition) is 2. The highest BCUT2D eigenvalue weighted by atomic mass is 16.6. The lowest BCUT2D eigenvalue weighted by Crippen LogP contribution is -2.43. The molecule has 2 aromatic carbocycles. The fraction of sp³-hybridized carbons (Fsp3) is 0.294. The lowest BCUT2D eigenvalue weighted by molar-refractivity contribution is -0.384. The molecule has 114 valence electrons. The van der Waals surface area contributed by atoms with E-state index in [0.717, 1.165) is 24.0 Å². The monoisotopic (exact) mass is 298 g/mol. The summed E-state index contributed by atoms with van der Waals surface area (Å²) in [6, 6.07) is 14.7. The molecule has 0 aromatic heterocycles. The third-order valence-corrected chi connectivity index (χ3v) is 4.40. The van der Waals surface area contributed by atoms with Gasteiger partial charge in [0, 0.05) is 18.7 Å². The zero-order chi connectivity index (χ0) is 15.6. The van der Waals surface area contributed by atoms with E-state index < -0.39 is 10.5 Å². The van der Waals surface area contributed by atoms with E-state index in [1.165, 1.54) is 17.7 Å². The Labute approximate surface area is 128 Å². The Morgan fingerprint density at radius 3 is 2.59 bits per heavy atom. The molecule has 0 radical (unpaired) electrons. The van der Waals surface area contributed by atoms with Crippen molar-refractivity contribution in [3.8, 4) is 0 Å². The molecule has 0 spiro atoms. The van der Waals surface area contributed by atoms with Gasteiger partial charge in [-0.3, -0.25) is 10.1 Å². The molecule has 1 aliphatic carbocycles. The van der Waals surface area contributed by atoms with Gasteiger partial charge in [0.1, 0.15) is 0 Å². The van der Waals surface area contributed by atoms with Crippen molar-refractivity contribution in [2.75, 3.05) is 6.61 Å². The summed E-state index contributed by atoms with van der Waals surface area (Å²) in [6.45, 7) is 0.601. The Kier molecular flexibility index (Phi) is 3.92. The molecule has 0 amide bonds. The number of hydrogen-bond acceptors (Lipinski definition) is 4. The van der Waals surface area contributed by atoms with Crippen LogP contribution in [0.2, 0.25) is 0 Å². The molecule has 0 saturated carbocycles. The second kappa shape index (κ2) is 5.87. The Morgan fingerprint density at radius 2 is 1.91 bits per heavy atom. The van der Waals surface area contributed by atoms with Gasteiger partial charge in [-0.25, -0.2) is 0 Å². The Bertz CT molecular complexity index is 685. The van der Waals surface area contributed by atoms with Gasteiger partial charge in [0.05, 0.1) is 17.1 Å². The van der Waals surface area contributed by atoms with Crippen molar-refractivity contribution in [1.82, 2.24) is 5.32 Å². The topological polar surface area (TPSA) is 75.4 Å². The highest BCUT2D eigenvalue weighted by molar-refractivity contribution is 5.39. The van der Waals surface area contributed by atoms with Gasteiger partial charge >= 0.3 is 0 Å². The molecule has 5 nitrogen and oxygen atoms in total. The summed E-state index contributed by atoms with van der Waals surface area (Å²) in [5.41, 5.74) is 3.06. The first-order valence-corrected chi connectivity index (χ1v) is 7.32. The summed E-state index contributed by atoms with van der Waals surface area (Å²) >= 11 is 0. The predicted octanol–water partition coefficient (Wildman–Crippen LogP) is 2.52. The summed E-state index contributed by atoms with van der Waals surface area (Å²) in [6.07, 6.45) is 1.81. The van der Waals surface area contributed by atoms with Gasteiger partial charge in [-0.2, -0.15) is 0 Å². The van der Waals surface area contributed by atoms with Gasteiger partial charge in [-0.05, 0) is 29.5 Å². The number of nitrogens with zero attached hydrogens (tertiary/aromatic N) is 1. The van der Waals surface area contributed by atoms with E-state index in [-0.39, 0.29) is 12.3 Å². The number of fused-ring (bicyclic) bond motifs is 1. The van der Waals surface area contributed by atoms with Crippen molar-refractivity contribution < 1.29 is 10.0 Å². The van der Waals surface area contributed by atoms with Gasteiger partial charge < -0.3 is 10.4 Å². The van der Waals surface area contributed by atoms with Crippen LogP contribution in [0.25, 0.3) is 0 Å². The number of benzene rings is 2. The van der Waals surface area contributed by atoms with E-state index >= 15 is 0 Å². The molecule has 1 atom stereocenters. The second-order valence-corrected chi connectivity index (χ2v) is 5.67. The third kappa shape index (κ3) is 2.61. The van der Waals surface area contributed by atoms with E-state index in [2.05, 4.69) is 17.4 Å². The van der Waals surface area contributed by atoms with Crippen LogP contribution in [0, 0.1) is 10.1 Å². The standard InChI is InChI=1S/C17H18N2O3/c20-12-17(10-9-14-3-1-2-4-16(14)17)18-11-13-5-7-15(8-6-13)19(21)22/h1-8,18,20H,9-12H2. The first kappa shape index (κ1) is 14.7. The largest absolute Gasteiger partial charge is 0.394 e. The molecular weight excluding hydrogens is 280 g/mol. The quantitative estimate of drug-likeness (QED) is 0.657. The lowest BCUT2D eigenvalue weighted by Gasteiger charge is -2.30. The van der Waals surface area contributed by atoms with Crippen LogP contribution in [0.1, 0.15) is 23.1 Å². The first-order valence-electron chi connectivity index (χ1n) is 7.32. The molecule has 0 fully saturated rings. The smallest absolute Gasteiger partial charge is 0.269 e. The number of aryl methyl sites for hydroxylation is 1. The van der Waals surface area contributed by atoms with Crippen molar-refractivity contribution in [2.45, 2.75) is 24.9 Å². The Balaban J connectivity index is 1.76. The van der Waals surface area contributed by atoms with Crippen molar-refractivity contribution in [3.05, 3.63) is 75.3 Å². The summed E-state index contributed by atoms with van der Waals surface area (Å²) < 4.78 is 0. The van der Waals surface area contributed by atoms with E-state index in [1.807, 2.05) is 12.1 Å². The molecular formula is C17H18N2O3. The van der Waals surface area contributed by atoms with Crippen LogP contribution in [-0.2, 0) is 18.5 Å². The molecule has 2 aromatic rings. The predicted molar refractivity (Wildman–Crippen MR) is 83.5 cm³/mol. The van der Waals surface area contributed by atoms with Crippen LogP contribution in [0.3, 0.4) is 0 Å². The maximum Gasteiger partial charge on any atom is 0.269 e. The molecule has 0 bridgehead atoms. The number of aliphatic hydroxyl groups excluding tert-OH is 1. The molecule has 1 unspecified atom stereocenters. The number of non-ortho nitro benzene ring substituents is 1. The number of nitrogens with one attached hydrogen (secondary N) is 1. The van der Waals surface area contributed by atoms with Crippen molar-refractivity contribution in [1.29, 1.82) is 0 Å². The highest BCUT2D eigenvalue weighted by Crippen LogP contribution is 2.36. The molecule has 3 rings (SSSR count). The lowest BCUT2D eigenvalue weighted by atomic mass is 9.92. The number of rotatable bonds is 5. The van der Waals surface area contributed by atoms with E-state index in [4.69, 9.17) is 0 Å². The fourth-order valence-corrected chi connectivity index (χ4v) is 3.10. The first-order chi connectivity index (χ1) is 10.6. The van der Waals surface area contributed by atoms with Crippen LogP contribution in [0.15, 0.2) is 48.5 Å². The summed E-state index contributed by atoms with van der Waals surface area (Å²) in [5, 5.41) is 24.0. The molecule has 1 aliphatic rings. The number of nitro benzene ring substituents is 1. The molecule has 0 heterocycles. The summed E-state index contributed by atoms with van der Waals surface area (Å²) in [7, 11) is 0. The average molecular weight is 298 g/mol. The van der Waals surface area contributed by atoms with Crippen LogP contribution < -0.4 is 5.32 Å². The van der Waals surface area contributed by atoms with Crippen LogP contribution >= 0.6 is 0 Å². The van der Waals surface area contributed by atoms with Gasteiger partial charge in [0.2, 0.25) is 0 Å². The Hall–Kier alpha value is -2.24. The van der Waals surface area contributed by atoms with Crippen LogP contribution in [0.5, 0.6) is 0 Å². The van der Waals surface area contributed by atoms with Crippen LogP contribution in [0.4, 0.5) is 5.69 Å². The van der Waals surface area contributed by atoms with E-state index in [0.29, 0.717) is 6.54 Å². The molecule has 0 saturated heterocycles. The van der Waals surface area contributed by atoms with Gasteiger partial charge in [-0.15, -0.1) is 0 Å². The second-order valence-electron chi connectivity index (χ2n) is 5.67. The van der Waals surface area contributed by atoms with Gasteiger partial charge in [-0.1, -0.05) is 36.4 Å². The molecule has 22 heavy (non-hydrogen) atoms. The van der Waals surface area contributed by atoms with Crippen molar-refractivity contribution in [3.63, 3.8) is 0 Å². The zero-order valence-electron chi connectivity index (χ0n) is 12.2. The minimum absolute atomic E-state index is 0.0387. The highest BCUT2D eigenvalue weighted by Gasteiger charge is 2.37. The third-order valence-electron chi connectivity index (χ3n) is 4.40. The van der Waals surface area contributed by atoms with Crippen molar-refractivity contribution >= 4 is 5.69 Å². The molecule has 0 aliphatic heterocycles. The van der Waals surface area contributed by atoms with Gasteiger partial charge in [0.15, 0.2) is 0 Å². The maximum atomic E-state index is 10.7. The van der Waals surface area contributed by atoms with Crippen molar-refractivity contribution in [2.24, 2.45) is 0 Å². The SMILES string of the molecule is O=[N+]([O-])c1ccc(CNC2(CO)CCc3ccccc32)cc1. The van der Waals surface area contributed by atoms with E-state index in [9.17, 15) is 15.2 Å². The fourth-order valence-electron chi connectivity index (χ4n) is 3.10. The molecule has 5 heteroatoms. The van der Waals surface area contributed by atoms with Gasteiger partial charge in [0.25, 0.3) is 5.69 Å². The van der Waals surface area contributed by atoms with E-state index in [1.54, 1.807) is 12.1 Å². The normalized spacial score (nSPS) is 19.9. The molecule has 2 N–H and O–H groups in total. The maximum absolute atomic E-state index is 10.7. The summed E-state index contributed by atoms with van der Waals surface area (Å²) in [5.74, 6) is 0. The number of nitro groups is 1. The minimum Gasteiger partial charge on any atom is -0.394 e. The van der Waals surface area contributed by atoms with Crippen LogP contribution in [-0.4, -0.2) is 16.6 Å². The number of aliphatic hydroxyl groups is 1. The minimum atomic E-state index is -0.418. The zero-order valence-corrected chi connectivity index (χ0v) is 12.2. The Morgan fingerprint density at radius 1 is 1.18 bits per heavy atom.